The Balaban J connectivity index is 0.00000196. The van der Waals surface area contributed by atoms with Gasteiger partial charge in [-0.2, -0.15) is 0 Å². The van der Waals surface area contributed by atoms with Crippen molar-refractivity contribution in [2.45, 2.75) is 25.8 Å². The van der Waals surface area contributed by atoms with Crippen molar-refractivity contribution in [3.63, 3.8) is 0 Å². The van der Waals surface area contributed by atoms with E-state index in [0.29, 0.717) is 17.0 Å². The average Bonchev–Trinajstić information content (AvgIpc) is 2.13. The molecule has 0 aliphatic rings. The zero-order valence-corrected chi connectivity index (χ0v) is 10.6. The lowest BCUT2D eigenvalue weighted by atomic mass is 10.0. The number of halogens is 4. The molecule has 0 aliphatic carbocycles. The van der Waals surface area contributed by atoms with Crippen LogP contribution in [0.3, 0.4) is 0 Å². The third kappa shape index (κ3) is 3.49. The molecule has 0 radical (unpaired) electrons. The number of rotatable bonds is 3. The first-order chi connectivity index (χ1) is 6.57. The van der Waals surface area contributed by atoms with Crippen molar-refractivity contribution >= 4 is 35.6 Å². The smallest absolute Gasteiger partial charge is 0.129 e. The Morgan fingerprint density at radius 1 is 1.40 bits per heavy atom. The van der Waals surface area contributed by atoms with Crippen molar-refractivity contribution in [1.29, 1.82) is 0 Å². The standard InChI is InChI=1S/C10H12Cl2FN.ClH/c1-2-3-8(14)9-7(13)5-4-6(11)10(9)12;/h4-5,8H,2-3,14H2,1H3;1H/t8-;/m0./s1. The summed E-state index contributed by atoms with van der Waals surface area (Å²) in [6.45, 7) is 1.98. The van der Waals surface area contributed by atoms with Crippen molar-refractivity contribution in [2.75, 3.05) is 0 Å². The molecule has 1 aromatic rings. The molecule has 0 saturated carbocycles. The van der Waals surface area contributed by atoms with E-state index in [1.807, 2.05) is 6.92 Å². The summed E-state index contributed by atoms with van der Waals surface area (Å²) in [6.07, 6.45) is 1.57. The van der Waals surface area contributed by atoms with Crippen LogP contribution in [0.25, 0.3) is 0 Å². The summed E-state index contributed by atoms with van der Waals surface area (Å²) in [5, 5.41) is 0.572. The molecule has 0 unspecified atom stereocenters. The molecule has 1 atom stereocenters. The Bertz CT molecular complexity index is 331. The van der Waals surface area contributed by atoms with Gasteiger partial charge >= 0.3 is 0 Å². The molecule has 1 rings (SSSR count). The fourth-order valence-corrected chi connectivity index (χ4v) is 1.80. The highest BCUT2D eigenvalue weighted by Gasteiger charge is 2.16. The molecule has 0 bridgehead atoms. The minimum absolute atomic E-state index is 0. The molecule has 15 heavy (non-hydrogen) atoms. The zero-order chi connectivity index (χ0) is 10.7. The molecule has 0 heterocycles. The Labute approximate surface area is 105 Å². The zero-order valence-electron chi connectivity index (χ0n) is 8.27. The van der Waals surface area contributed by atoms with Crippen LogP contribution in [-0.2, 0) is 0 Å². The molecule has 0 fully saturated rings. The summed E-state index contributed by atoms with van der Waals surface area (Å²) in [5.74, 6) is -0.389. The van der Waals surface area contributed by atoms with Crippen LogP contribution in [0.2, 0.25) is 10.0 Å². The van der Waals surface area contributed by atoms with Gasteiger partial charge in [-0.25, -0.2) is 4.39 Å². The van der Waals surface area contributed by atoms with E-state index in [1.165, 1.54) is 12.1 Å². The van der Waals surface area contributed by atoms with Crippen LogP contribution in [0, 0.1) is 5.82 Å². The van der Waals surface area contributed by atoms with Crippen LogP contribution in [0.5, 0.6) is 0 Å². The van der Waals surface area contributed by atoms with Crippen LogP contribution in [0.15, 0.2) is 12.1 Å². The van der Waals surface area contributed by atoms with E-state index in [2.05, 4.69) is 0 Å². The number of hydrogen-bond acceptors (Lipinski definition) is 1. The Kier molecular flexibility index (Phi) is 6.53. The largest absolute Gasteiger partial charge is 0.324 e. The molecule has 1 nitrogen and oxygen atoms in total. The predicted molar refractivity (Wildman–Crippen MR) is 65.5 cm³/mol. The Hall–Kier alpha value is -0.0200. The highest BCUT2D eigenvalue weighted by molar-refractivity contribution is 6.42. The molecule has 0 aromatic heterocycles. The third-order valence-electron chi connectivity index (χ3n) is 2.05. The lowest BCUT2D eigenvalue weighted by Gasteiger charge is -2.14. The lowest BCUT2D eigenvalue weighted by molar-refractivity contribution is 0.560. The number of nitrogens with two attached hydrogens (primary N) is 1. The number of benzene rings is 1. The minimum atomic E-state index is -0.389. The van der Waals surface area contributed by atoms with Crippen molar-refractivity contribution in [3.8, 4) is 0 Å². The van der Waals surface area contributed by atoms with Gasteiger partial charge in [0, 0.05) is 11.6 Å². The summed E-state index contributed by atoms with van der Waals surface area (Å²) < 4.78 is 13.4. The van der Waals surface area contributed by atoms with E-state index >= 15 is 0 Å². The lowest BCUT2D eigenvalue weighted by Crippen LogP contribution is -2.12. The summed E-state index contributed by atoms with van der Waals surface area (Å²) in [7, 11) is 0. The van der Waals surface area contributed by atoms with Crippen LogP contribution in [-0.4, -0.2) is 0 Å². The van der Waals surface area contributed by atoms with E-state index in [9.17, 15) is 4.39 Å². The maximum atomic E-state index is 13.4. The van der Waals surface area contributed by atoms with Gasteiger partial charge in [0.2, 0.25) is 0 Å². The van der Waals surface area contributed by atoms with Crippen LogP contribution < -0.4 is 5.73 Å². The van der Waals surface area contributed by atoms with E-state index in [-0.39, 0.29) is 29.3 Å². The Morgan fingerprint density at radius 3 is 2.53 bits per heavy atom. The van der Waals surface area contributed by atoms with E-state index in [1.54, 1.807) is 0 Å². The van der Waals surface area contributed by atoms with E-state index < -0.39 is 0 Å². The van der Waals surface area contributed by atoms with Crippen molar-refractivity contribution in [1.82, 2.24) is 0 Å². The first-order valence-electron chi connectivity index (χ1n) is 4.46. The quantitative estimate of drug-likeness (QED) is 0.813. The van der Waals surface area contributed by atoms with Gasteiger partial charge in [0.05, 0.1) is 10.0 Å². The topological polar surface area (TPSA) is 26.0 Å². The van der Waals surface area contributed by atoms with E-state index in [4.69, 9.17) is 28.9 Å². The van der Waals surface area contributed by atoms with Crippen LogP contribution in [0.4, 0.5) is 4.39 Å². The van der Waals surface area contributed by atoms with Gasteiger partial charge < -0.3 is 5.73 Å². The third-order valence-corrected chi connectivity index (χ3v) is 2.87. The minimum Gasteiger partial charge on any atom is -0.324 e. The number of hydrogen-bond donors (Lipinski definition) is 1. The SMILES string of the molecule is CCC[C@H](N)c1c(F)ccc(Cl)c1Cl.Cl. The summed E-state index contributed by atoms with van der Waals surface area (Å²) >= 11 is 11.7. The second kappa shape index (κ2) is 6.54. The average molecular weight is 273 g/mol. The molecule has 1 aromatic carbocycles. The van der Waals surface area contributed by atoms with Crippen molar-refractivity contribution < 1.29 is 4.39 Å². The Morgan fingerprint density at radius 2 is 2.00 bits per heavy atom. The maximum absolute atomic E-state index is 13.4. The first kappa shape index (κ1) is 15.0. The molecule has 5 heteroatoms. The van der Waals surface area contributed by atoms with Crippen molar-refractivity contribution in [2.24, 2.45) is 5.73 Å². The fourth-order valence-electron chi connectivity index (χ4n) is 1.34. The van der Waals surface area contributed by atoms with Gasteiger partial charge in [-0.1, -0.05) is 36.5 Å². The van der Waals surface area contributed by atoms with Gasteiger partial charge in [0.15, 0.2) is 0 Å². The highest BCUT2D eigenvalue weighted by Crippen LogP contribution is 2.32. The summed E-state index contributed by atoms with van der Waals surface area (Å²) in [5.41, 5.74) is 6.11. The molecule has 0 amide bonds. The summed E-state index contributed by atoms with van der Waals surface area (Å²) in [4.78, 5) is 0. The molecular formula is C10H13Cl3FN. The highest BCUT2D eigenvalue weighted by atomic mass is 35.5. The normalized spacial score (nSPS) is 12.1. The molecule has 86 valence electrons. The summed E-state index contributed by atoms with van der Waals surface area (Å²) in [6, 6.07) is 2.34. The molecule has 0 saturated heterocycles. The second-order valence-corrected chi connectivity index (χ2v) is 3.94. The van der Waals surface area contributed by atoms with Crippen LogP contribution >= 0.6 is 35.6 Å². The van der Waals surface area contributed by atoms with Gasteiger partial charge in [-0.15, -0.1) is 12.4 Å². The first-order valence-corrected chi connectivity index (χ1v) is 5.22. The van der Waals surface area contributed by atoms with Gasteiger partial charge in [0.1, 0.15) is 5.82 Å². The molecular weight excluding hydrogens is 259 g/mol. The molecule has 2 N–H and O–H groups in total. The van der Waals surface area contributed by atoms with E-state index in [0.717, 1.165) is 6.42 Å². The van der Waals surface area contributed by atoms with Gasteiger partial charge in [0.25, 0.3) is 0 Å². The monoisotopic (exact) mass is 271 g/mol. The predicted octanol–water partition coefficient (Wildman–Crippen LogP) is 4.35. The molecule has 0 aliphatic heterocycles. The second-order valence-electron chi connectivity index (χ2n) is 3.15. The maximum Gasteiger partial charge on any atom is 0.129 e. The van der Waals surface area contributed by atoms with Crippen LogP contribution in [0.1, 0.15) is 31.4 Å². The van der Waals surface area contributed by atoms with Crippen molar-refractivity contribution in [3.05, 3.63) is 33.6 Å². The van der Waals surface area contributed by atoms with Gasteiger partial charge in [-0.05, 0) is 18.6 Å². The molecule has 0 spiro atoms. The van der Waals surface area contributed by atoms with Gasteiger partial charge in [-0.3, -0.25) is 0 Å². The fraction of sp³-hybridized carbons (Fsp3) is 0.400.